The van der Waals surface area contributed by atoms with Gasteiger partial charge in [-0.05, 0) is 83.5 Å². The lowest BCUT2D eigenvalue weighted by Gasteiger charge is -2.40. The quantitative estimate of drug-likeness (QED) is 0.714. The Morgan fingerprint density at radius 3 is 1.84 bits per heavy atom. The molecule has 4 aliphatic rings. The van der Waals surface area contributed by atoms with Gasteiger partial charge >= 0.3 is 0 Å². The molecule has 5 heterocycles. The zero-order chi connectivity index (χ0) is 21.2. The number of anilines is 2. The minimum absolute atomic E-state index is 0.429. The van der Waals surface area contributed by atoms with Crippen molar-refractivity contribution in [1.82, 2.24) is 19.8 Å². The van der Waals surface area contributed by atoms with Crippen LogP contribution in [0.5, 0.6) is 0 Å². The van der Waals surface area contributed by atoms with E-state index in [-0.39, 0.29) is 0 Å². The van der Waals surface area contributed by atoms with Crippen molar-refractivity contribution in [1.29, 1.82) is 0 Å². The highest BCUT2D eigenvalue weighted by Gasteiger charge is 2.31. The molecule has 1 aromatic rings. The molecule has 6 heteroatoms. The van der Waals surface area contributed by atoms with E-state index in [0.717, 1.165) is 32.1 Å². The van der Waals surface area contributed by atoms with Gasteiger partial charge in [-0.3, -0.25) is 9.80 Å². The molecule has 6 nitrogen and oxygen atoms in total. The zero-order valence-corrected chi connectivity index (χ0v) is 19.8. The first-order valence-electron chi connectivity index (χ1n) is 13.0. The fourth-order valence-electron chi connectivity index (χ4n) is 6.15. The van der Waals surface area contributed by atoms with Crippen LogP contribution in [0.15, 0.2) is 6.07 Å². The van der Waals surface area contributed by atoms with Crippen molar-refractivity contribution in [3.05, 3.63) is 11.8 Å². The van der Waals surface area contributed by atoms with E-state index < -0.39 is 0 Å². The Kier molecular flexibility index (Phi) is 6.65. The third-order valence-electron chi connectivity index (χ3n) is 8.03. The Morgan fingerprint density at radius 2 is 1.26 bits per heavy atom. The molecule has 0 bridgehead atoms. The van der Waals surface area contributed by atoms with Crippen molar-refractivity contribution in [2.45, 2.75) is 83.2 Å². The maximum atomic E-state index is 5.19. The van der Waals surface area contributed by atoms with Crippen LogP contribution in [0.25, 0.3) is 0 Å². The molecular weight excluding hydrogens is 384 g/mol. The maximum Gasteiger partial charge on any atom is 0.227 e. The van der Waals surface area contributed by atoms with Crippen LogP contribution < -0.4 is 9.80 Å². The molecule has 4 aliphatic heterocycles. The number of aromatic nitrogens is 2. The Labute approximate surface area is 189 Å². The van der Waals surface area contributed by atoms with Gasteiger partial charge in [0.1, 0.15) is 5.82 Å². The summed E-state index contributed by atoms with van der Waals surface area (Å²) in [4.78, 5) is 20.7. The van der Waals surface area contributed by atoms with Crippen molar-refractivity contribution >= 4 is 11.8 Å². The molecule has 1 aromatic heterocycles. The van der Waals surface area contributed by atoms with Gasteiger partial charge in [0, 0.05) is 44.3 Å². The average Bonchev–Trinajstić information content (AvgIpc) is 3.53. The van der Waals surface area contributed by atoms with Crippen molar-refractivity contribution in [2.24, 2.45) is 0 Å². The second kappa shape index (κ2) is 9.62. The lowest BCUT2D eigenvalue weighted by molar-refractivity contribution is 0.214. The van der Waals surface area contributed by atoms with Crippen LogP contribution in [0.1, 0.15) is 76.8 Å². The summed E-state index contributed by atoms with van der Waals surface area (Å²) in [5.74, 6) is 2.58. The van der Waals surface area contributed by atoms with E-state index in [0.29, 0.717) is 18.0 Å². The summed E-state index contributed by atoms with van der Waals surface area (Å²) in [5, 5.41) is 0. The average molecular weight is 427 g/mol. The number of piperidine rings is 2. The Bertz CT molecular complexity index is 670. The van der Waals surface area contributed by atoms with Crippen molar-refractivity contribution in [2.75, 3.05) is 62.2 Å². The van der Waals surface area contributed by atoms with E-state index in [9.17, 15) is 0 Å². The third-order valence-corrected chi connectivity index (χ3v) is 8.03. The van der Waals surface area contributed by atoms with Gasteiger partial charge in [-0.1, -0.05) is 13.8 Å². The minimum Gasteiger partial charge on any atom is -0.355 e. The van der Waals surface area contributed by atoms with E-state index >= 15 is 0 Å². The van der Waals surface area contributed by atoms with Crippen LogP contribution >= 0.6 is 0 Å². The second-order valence-corrected chi connectivity index (χ2v) is 10.6. The monoisotopic (exact) mass is 426 g/mol. The molecule has 4 fully saturated rings. The Balaban J connectivity index is 1.35. The molecule has 0 N–H and O–H groups in total. The van der Waals surface area contributed by atoms with Crippen molar-refractivity contribution in [3.63, 3.8) is 0 Å². The molecule has 4 saturated heterocycles. The van der Waals surface area contributed by atoms with E-state index in [1.54, 1.807) is 0 Å². The lowest BCUT2D eigenvalue weighted by Crippen LogP contribution is -2.48. The molecule has 0 aromatic carbocycles. The number of rotatable bonds is 5. The van der Waals surface area contributed by atoms with Gasteiger partial charge in [0.05, 0.1) is 5.69 Å². The Morgan fingerprint density at radius 1 is 0.710 bits per heavy atom. The first-order chi connectivity index (χ1) is 15.2. The van der Waals surface area contributed by atoms with Gasteiger partial charge in [0.15, 0.2) is 0 Å². The van der Waals surface area contributed by atoms with Crippen LogP contribution in [0.3, 0.4) is 0 Å². The van der Waals surface area contributed by atoms with Gasteiger partial charge < -0.3 is 9.80 Å². The van der Waals surface area contributed by atoms with E-state index in [1.165, 1.54) is 89.1 Å². The summed E-state index contributed by atoms with van der Waals surface area (Å²) in [5.41, 5.74) is 1.20. The van der Waals surface area contributed by atoms with E-state index in [4.69, 9.17) is 9.97 Å². The van der Waals surface area contributed by atoms with Crippen LogP contribution in [-0.4, -0.2) is 84.2 Å². The maximum absolute atomic E-state index is 5.19. The smallest absolute Gasteiger partial charge is 0.227 e. The summed E-state index contributed by atoms with van der Waals surface area (Å²) in [7, 11) is 0. The summed E-state index contributed by atoms with van der Waals surface area (Å²) in [6, 6.07) is 3.66. The lowest BCUT2D eigenvalue weighted by atomic mass is 10.0. The summed E-state index contributed by atoms with van der Waals surface area (Å²) in [6.45, 7) is 14.1. The highest BCUT2D eigenvalue weighted by Crippen LogP contribution is 2.29. The Hall–Kier alpha value is -1.40. The molecule has 0 spiro atoms. The van der Waals surface area contributed by atoms with Crippen LogP contribution in [0.4, 0.5) is 11.8 Å². The molecule has 31 heavy (non-hydrogen) atoms. The number of nitrogens with zero attached hydrogens (tertiary/aromatic N) is 6. The van der Waals surface area contributed by atoms with Crippen LogP contribution in [0, 0.1) is 0 Å². The standard InChI is InChI=1S/C25H42N6/c1-20(2)23-17-24(30-15-7-9-21(18-30)28-11-3-4-12-28)27-25(26-23)31-16-8-10-22(19-31)29-13-5-6-14-29/h17,20-22H,3-16,18-19H2,1-2H3. The van der Waals surface area contributed by atoms with Gasteiger partial charge in [0.2, 0.25) is 5.95 Å². The predicted molar refractivity (Wildman–Crippen MR) is 128 cm³/mol. The molecule has 0 aliphatic carbocycles. The first kappa shape index (κ1) is 21.4. The molecule has 2 atom stereocenters. The SMILES string of the molecule is CC(C)c1cc(N2CCCC(N3CCCC3)C2)nc(N2CCCC(N3CCCC3)C2)n1. The molecule has 5 rings (SSSR count). The molecule has 0 saturated carbocycles. The number of hydrogen-bond acceptors (Lipinski definition) is 6. The van der Waals surface area contributed by atoms with Crippen molar-refractivity contribution in [3.8, 4) is 0 Å². The zero-order valence-electron chi connectivity index (χ0n) is 19.8. The number of likely N-dealkylation sites (tertiary alicyclic amines) is 2. The molecule has 0 amide bonds. The largest absolute Gasteiger partial charge is 0.355 e. The highest BCUT2D eigenvalue weighted by molar-refractivity contribution is 5.47. The number of hydrogen-bond donors (Lipinski definition) is 0. The molecular formula is C25H42N6. The fourth-order valence-corrected chi connectivity index (χ4v) is 6.15. The predicted octanol–water partition coefficient (Wildman–Crippen LogP) is 3.73. The molecule has 0 radical (unpaired) electrons. The van der Waals surface area contributed by atoms with Gasteiger partial charge in [-0.15, -0.1) is 0 Å². The summed E-state index contributed by atoms with van der Waals surface area (Å²) in [6.07, 6.45) is 10.7. The van der Waals surface area contributed by atoms with Gasteiger partial charge in [-0.2, -0.15) is 4.98 Å². The third kappa shape index (κ3) is 4.85. The fraction of sp³-hybridized carbons (Fsp3) is 0.840. The van der Waals surface area contributed by atoms with Crippen LogP contribution in [-0.2, 0) is 0 Å². The first-order valence-corrected chi connectivity index (χ1v) is 13.0. The summed E-state index contributed by atoms with van der Waals surface area (Å²) >= 11 is 0. The minimum atomic E-state index is 0.429. The highest BCUT2D eigenvalue weighted by atomic mass is 15.3. The van der Waals surface area contributed by atoms with E-state index in [1.807, 2.05) is 0 Å². The normalized spacial score (nSPS) is 28.7. The second-order valence-electron chi connectivity index (χ2n) is 10.6. The van der Waals surface area contributed by atoms with Crippen molar-refractivity contribution < 1.29 is 0 Å². The van der Waals surface area contributed by atoms with Gasteiger partial charge in [0.25, 0.3) is 0 Å². The van der Waals surface area contributed by atoms with Crippen LogP contribution in [0.2, 0.25) is 0 Å². The summed E-state index contributed by atoms with van der Waals surface area (Å²) < 4.78 is 0. The van der Waals surface area contributed by atoms with Gasteiger partial charge in [-0.25, -0.2) is 4.98 Å². The topological polar surface area (TPSA) is 38.7 Å². The van der Waals surface area contributed by atoms with E-state index in [2.05, 4.69) is 39.5 Å². The molecule has 2 unspecified atom stereocenters. The molecule has 172 valence electrons.